The summed E-state index contributed by atoms with van der Waals surface area (Å²) in [4.78, 5) is 26.7. The number of carbonyl (C=O) groups excluding carboxylic acids is 1. The summed E-state index contributed by atoms with van der Waals surface area (Å²) in [5, 5.41) is 21.1. The topological polar surface area (TPSA) is 74.6 Å². The van der Waals surface area contributed by atoms with Gasteiger partial charge in [0.15, 0.2) is 5.78 Å². The van der Waals surface area contributed by atoms with Gasteiger partial charge in [0.2, 0.25) is 0 Å². The van der Waals surface area contributed by atoms with Crippen molar-refractivity contribution in [1.82, 2.24) is 0 Å². The summed E-state index contributed by atoms with van der Waals surface area (Å²) in [5.41, 5.74) is -0.124. The van der Waals surface area contributed by atoms with Gasteiger partial charge < -0.3 is 10.2 Å². The largest absolute Gasteiger partial charge is 0.481 e. The number of fused-ring (bicyclic) bond motifs is 7. The lowest BCUT2D eigenvalue weighted by Crippen LogP contribution is -2.68. The SMILES string of the molecule is C[C@H]1[C@H](C)CC[C@]2(C)CC[C@]3(C)C(=CC(=O)[C@@H]4[C@@]5(C)CC[C@@H](O)[C@](C)(C(=O)O)[C@H]5CC[C@]43C)[C@@H]12. The summed E-state index contributed by atoms with van der Waals surface area (Å²) in [7, 11) is 0. The number of rotatable bonds is 1. The van der Waals surface area contributed by atoms with Crippen LogP contribution in [0.25, 0.3) is 0 Å². The van der Waals surface area contributed by atoms with Crippen LogP contribution < -0.4 is 0 Å². The molecule has 4 saturated carbocycles. The van der Waals surface area contributed by atoms with E-state index in [2.05, 4.69) is 47.6 Å². The molecular weight excluding hydrogens is 424 g/mol. The van der Waals surface area contributed by atoms with E-state index in [0.717, 1.165) is 25.7 Å². The summed E-state index contributed by atoms with van der Waals surface area (Å²) in [5.74, 6) is 0.656. The maximum absolute atomic E-state index is 14.2. The summed E-state index contributed by atoms with van der Waals surface area (Å²) >= 11 is 0. The van der Waals surface area contributed by atoms with E-state index in [9.17, 15) is 19.8 Å². The van der Waals surface area contributed by atoms with Crippen LogP contribution in [-0.2, 0) is 9.59 Å². The molecule has 0 heterocycles. The van der Waals surface area contributed by atoms with Gasteiger partial charge in [-0.05, 0) is 110 Å². The number of aliphatic hydroxyl groups excluding tert-OH is 1. The average Bonchev–Trinajstić information content (AvgIpc) is 2.75. The third kappa shape index (κ3) is 2.70. The van der Waals surface area contributed by atoms with Gasteiger partial charge in [0.05, 0.1) is 11.5 Å². The standard InChI is InChI=1S/C30H46O4/c1-17-8-11-26(3)14-15-28(5)19(23(26)18(17)2)16-20(31)24-27(4)12-10-22(32)30(7,25(33)34)21(27)9-13-29(24,28)6/h16-18,21-24,32H,8-15H2,1-7H3,(H,33,34)/t17-,18+,21+,22-,23-,24-,26-,27+,28-,29-,30-/m1/s1. The van der Waals surface area contributed by atoms with Crippen molar-refractivity contribution in [3.63, 3.8) is 0 Å². The van der Waals surface area contributed by atoms with E-state index in [1.165, 1.54) is 24.8 Å². The number of hydrogen-bond donors (Lipinski definition) is 2. The van der Waals surface area contributed by atoms with Gasteiger partial charge in [0, 0.05) is 5.92 Å². The average molecular weight is 471 g/mol. The second-order valence-electron chi connectivity index (χ2n) is 14.4. The molecule has 4 nitrogen and oxygen atoms in total. The van der Waals surface area contributed by atoms with E-state index in [4.69, 9.17) is 0 Å². The molecule has 0 aromatic heterocycles. The Morgan fingerprint density at radius 2 is 1.62 bits per heavy atom. The second-order valence-corrected chi connectivity index (χ2v) is 14.4. The number of aliphatic carboxylic acids is 1. The van der Waals surface area contributed by atoms with Gasteiger partial charge in [-0.15, -0.1) is 0 Å². The number of carbonyl (C=O) groups is 2. The van der Waals surface area contributed by atoms with E-state index < -0.39 is 22.9 Å². The Hall–Kier alpha value is -1.16. The molecule has 0 amide bonds. The molecule has 2 N–H and O–H groups in total. The third-order valence-corrected chi connectivity index (χ3v) is 13.2. The molecule has 0 aromatic rings. The molecule has 0 radical (unpaired) electrons. The van der Waals surface area contributed by atoms with Crippen molar-refractivity contribution in [2.75, 3.05) is 0 Å². The van der Waals surface area contributed by atoms with Crippen LogP contribution in [0.2, 0.25) is 0 Å². The van der Waals surface area contributed by atoms with Gasteiger partial charge in [0.25, 0.3) is 0 Å². The van der Waals surface area contributed by atoms with E-state index in [0.29, 0.717) is 24.2 Å². The van der Waals surface area contributed by atoms with Crippen LogP contribution in [0.3, 0.4) is 0 Å². The lowest BCUT2D eigenvalue weighted by molar-refractivity contribution is -0.215. The van der Waals surface area contributed by atoms with E-state index in [1.54, 1.807) is 6.92 Å². The predicted octanol–water partition coefficient (Wildman–Crippen LogP) is 6.27. The zero-order valence-electron chi connectivity index (χ0n) is 22.4. The van der Waals surface area contributed by atoms with Crippen molar-refractivity contribution in [2.24, 2.45) is 56.7 Å². The van der Waals surface area contributed by atoms with E-state index in [1.807, 2.05) is 0 Å². The molecule has 5 aliphatic rings. The Morgan fingerprint density at radius 3 is 2.26 bits per heavy atom. The molecule has 190 valence electrons. The Labute approximate surface area is 206 Å². The quantitative estimate of drug-likeness (QED) is 0.474. The molecule has 0 saturated heterocycles. The zero-order chi connectivity index (χ0) is 25.1. The van der Waals surface area contributed by atoms with E-state index >= 15 is 0 Å². The number of hydrogen-bond acceptors (Lipinski definition) is 3. The minimum absolute atomic E-state index is 0.0370. The molecule has 5 aliphatic carbocycles. The van der Waals surface area contributed by atoms with Crippen LogP contribution in [0.15, 0.2) is 11.6 Å². The highest BCUT2D eigenvalue weighted by Crippen LogP contribution is 2.75. The first-order chi connectivity index (χ1) is 15.7. The van der Waals surface area contributed by atoms with Crippen molar-refractivity contribution in [3.8, 4) is 0 Å². The zero-order valence-corrected chi connectivity index (χ0v) is 22.4. The second kappa shape index (κ2) is 7.20. The van der Waals surface area contributed by atoms with Crippen LogP contribution in [0, 0.1) is 56.7 Å². The van der Waals surface area contributed by atoms with Crippen LogP contribution in [0.4, 0.5) is 0 Å². The number of carboxylic acid groups (broad SMARTS) is 1. The molecule has 4 fully saturated rings. The fourth-order valence-corrected chi connectivity index (χ4v) is 10.7. The summed E-state index contributed by atoms with van der Waals surface area (Å²) in [6, 6.07) is 0. The normalized spacial score (nSPS) is 56.9. The monoisotopic (exact) mass is 470 g/mol. The van der Waals surface area contributed by atoms with Crippen molar-refractivity contribution >= 4 is 11.8 Å². The lowest BCUT2D eigenvalue weighted by Gasteiger charge is -2.70. The van der Waals surface area contributed by atoms with Gasteiger partial charge >= 0.3 is 5.97 Å². The highest BCUT2D eigenvalue weighted by atomic mass is 16.4. The van der Waals surface area contributed by atoms with Gasteiger partial charge in [-0.2, -0.15) is 0 Å². The van der Waals surface area contributed by atoms with Gasteiger partial charge in [0.1, 0.15) is 0 Å². The number of allylic oxidation sites excluding steroid dienone is 2. The molecule has 4 heteroatoms. The Bertz CT molecular complexity index is 953. The maximum Gasteiger partial charge on any atom is 0.312 e. The predicted molar refractivity (Wildman–Crippen MR) is 133 cm³/mol. The minimum Gasteiger partial charge on any atom is -0.481 e. The van der Waals surface area contributed by atoms with Crippen LogP contribution in [-0.4, -0.2) is 28.1 Å². The fraction of sp³-hybridized carbons (Fsp3) is 0.867. The molecule has 11 atom stereocenters. The van der Waals surface area contributed by atoms with Crippen molar-refractivity contribution in [1.29, 1.82) is 0 Å². The lowest BCUT2D eigenvalue weighted by atomic mass is 9.33. The molecule has 0 aromatic carbocycles. The van der Waals surface area contributed by atoms with Gasteiger partial charge in [-0.25, -0.2) is 0 Å². The smallest absolute Gasteiger partial charge is 0.312 e. The van der Waals surface area contributed by atoms with Gasteiger partial charge in [-0.3, -0.25) is 9.59 Å². The minimum atomic E-state index is -1.20. The third-order valence-electron chi connectivity index (χ3n) is 13.2. The number of ketones is 1. The Morgan fingerprint density at radius 1 is 0.941 bits per heavy atom. The molecule has 0 bridgehead atoms. The molecule has 0 spiro atoms. The molecule has 0 aliphatic heterocycles. The van der Waals surface area contributed by atoms with Crippen molar-refractivity contribution in [3.05, 3.63) is 11.6 Å². The molecule has 34 heavy (non-hydrogen) atoms. The first-order valence-electron chi connectivity index (χ1n) is 13.8. The summed E-state index contributed by atoms with van der Waals surface area (Å²) in [6.45, 7) is 16.0. The Kier molecular flexibility index (Phi) is 5.20. The molecule has 0 unspecified atom stereocenters. The summed E-state index contributed by atoms with van der Waals surface area (Å²) in [6.07, 6.45) is 8.89. The van der Waals surface area contributed by atoms with Crippen LogP contribution in [0.1, 0.15) is 99.8 Å². The summed E-state index contributed by atoms with van der Waals surface area (Å²) < 4.78 is 0. The van der Waals surface area contributed by atoms with Gasteiger partial charge in [-0.1, -0.05) is 47.1 Å². The van der Waals surface area contributed by atoms with Crippen molar-refractivity contribution in [2.45, 2.75) is 106 Å². The molecule has 5 rings (SSSR count). The van der Waals surface area contributed by atoms with Crippen molar-refractivity contribution < 1.29 is 19.8 Å². The fourth-order valence-electron chi connectivity index (χ4n) is 10.7. The maximum atomic E-state index is 14.2. The number of aliphatic hydroxyl groups is 1. The highest BCUT2D eigenvalue weighted by molar-refractivity contribution is 5.96. The first-order valence-corrected chi connectivity index (χ1v) is 13.8. The van der Waals surface area contributed by atoms with Crippen LogP contribution >= 0.6 is 0 Å². The highest BCUT2D eigenvalue weighted by Gasteiger charge is 2.71. The number of carboxylic acids is 1. The van der Waals surface area contributed by atoms with E-state index in [-0.39, 0.29) is 33.9 Å². The molecular formula is C30H46O4. The first kappa shape index (κ1) is 24.5. The Balaban J connectivity index is 1.65. The van der Waals surface area contributed by atoms with Crippen LogP contribution in [0.5, 0.6) is 0 Å².